The number of halogens is 1. The Labute approximate surface area is 82.6 Å². The third-order valence-electron chi connectivity index (χ3n) is 1.95. The van der Waals surface area contributed by atoms with E-state index in [2.05, 4.69) is 0 Å². The molecule has 78 valence electrons. The molecular weight excluding hydrogens is 216 g/mol. The Balaban J connectivity index is 2.67. The summed E-state index contributed by atoms with van der Waals surface area (Å²) in [5.74, 6) is -0.171. The highest BCUT2D eigenvalue weighted by Crippen LogP contribution is 2.26. The van der Waals surface area contributed by atoms with Gasteiger partial charge in [0.25, 0.3) is 0 Å². The second-order valence-electron chi connectivity index (χ2n) is 3.10. The van der Waals surface area contributed by atoms with Gasteiger partial charge in [-0.3, -0.25) is 0 Å². The van der Waals surface area contributed by atoms with Crippen LogP contribution in [0.2, 0.25) is 0 Å². The molecule has 0 aliphatic carbocycles. The van der Waals surface area contributed by atoms with E-state index in [1.165, 1.54) is 0 Å². The van der Waals surface area contributed by atoms with Crippen LogP contribution in [0.1, 0.15) is 13.3 Å². The lowest BCUT2D eigenvalue weighted by Crippen LogP contribution is -2.39. The molecule has 1 saturated heterocycles. The lowest BCUT2D eigenvalue weighted by atomic mass is 10.1. The minimum Gasteiger partial charge on any atom is -0.378 e. The van der Waals surface area contributed by atoms with E-state index in [0.29, 0.717) is 26.2 Å². The summed E-state index contributed by atoms with van der Waals surface area (Å²) in [5.41, 5.74) is -0.713. The SMILES string of the molecule is CCO[C@]1(CS(=O)(=O)Cl)CCOC1. The van der Waals surface area contributed by atoms with Gasteiger partial charge in [-0.25, -0.2) is 8.42 Å². The predicted molar refractivity (Wildman–Crippen MR) is 49.4 cm³/mol. The normalized spacial score (nSPS) is 29.4. The van der Waals surface area contributed by atoms with Crippen LogP contribution in [-0.4, -0.2) is 39.6 Å². The van der Waals surface area contributed by atoms with Crippen molar-refractivity contribution in [3.63, 3.8) is 0 Å². The molecule has 1 fully saturated rings. The highest BCUT2D eigenvalue weighted by molar-refractivity contribution is 8.13. The van der Waals surface area contributed by atoms with Gasteiger partial charge in [0.15, 0.2) is 0 Å². The maximum atomic E-state index is 10.9. The van der Waals surface area contributed by atoms with Crippen molar-refractivity contribution < 1.29 is 17.9 Å². The third kappa shape index (κ3) is 3.42. The van der Waals surface area contributed by atoms with Gasteiger partial charge in [0, 0.05) is 30.3 Å². The second-order valence-corrected chi connectivity index (χ2v) is 5.88. The average Bonchev–Trinajstić information content (AvgIpc) is 2.33. The van der Waals surface area contributed by atoms with Crippen LogP contribution in [-0.2, 0) is 18.5 Å². The highest BCUT2D eigenvalue weighted by atomic mass is 35.7. The number of hydrogen-bond acceptors (Lipinski definition) is 4. The van der Waals surface area contributed by atoms with Crippen LogP contribution >= 0.6 is 10.7 Å². The lowest BCUT2D eigenvalue weighted by molar-refractivity contribution is -0.0264. The van der Waals surface area contributed by atoms with E-state index < -0.39 is 14.7 Å². The highest BCUT2D eigenvalue weighted by Gasteiger charge is 2.39. The molecule has 0 aromatic heterocycles. The van der Waals surface area contributed by atoms with E-state index in [-0.39, 0.29) is 5.75 Å². The fourth-order valence-corrected chi connectivity index (χ4v) is 3.01. The summed E-state index contributed by atoms with van der Waals surface area (Å²) in [6, 6.07) is 0. The number of ether oxygens (including phenoxy) is 2. The molecule has 0 aromatic carbocycles. The Morgan fingerprint density at radius 2 is 2.31 bits per heavy atom. The van der Waals surface area contributed by atoms with Crippen LogP contribution in [0, 0.1) is 0 Å². The molecule has 1 aliphatic rings. The van der Waals surface area contributed by atoms with Gasteiger partial charge >= 0.3 is 0 Å². The van der Waals surface area contributed by atoms with Crippen molar-refractivity contribution in [2.75, 3.05) is 25.6 Å². The molecule has 1 aliphatic heterocycles. The van der Waals surface area contributed by atoms with Gasteiger partial charge in [0.2, 0.25) is 9.05 Å². The monoisotopic (exact) mass is 228 g/mol. The third-order valence-corrected chi connectivity index (χ3v) is 3.15. The maximum absolute atomic E-state index is 10.9. The molecule has 0 radical (unpaired) electrons. The Bertz CT molecular complexity index is 256. The van der Waals surface area contributed by atoms with E-state index in [0.717, 1.165) is 0 Å². The fraction of sp³-hybridized carbons (Fsp3) is 1.00. The molecule has 0 amide bonds. The van der Waals surface area contributed by atoms with Gasteiger partial charge in [-0.15, -0.1) is 0 Å². The van der Waals surface area contributed by atoms with Gasteiger partial charge in [0.1, 0.15) is 5.60 Å². The Kier molecular flexibility index (Phi) is 3.57. The van der Waals surface area contributed by atoms with Gasteiger partial charge in [0.05, 0.1) is 12.4 Å². The Hall–Kier alpha value is 0.160. The molecule has 0 unspecified atom stereocenters. The van der Waals surface area contributed by atoms with Crippen LogP contribution in [0.25, 0.3) is 0 Å². The van der Waals surface area contributed by atoms with Gasteiger partial charge in [-0.2, -0.15) is 0 Å². The zero-order chi connectivity index (χ0) is 9.95. The minimum atomic E-state index is -3.52. The average molecular weight is 229 g/mol. The molecule has 0 saturated carbocycles. The summed E-state index contributed by atoms with van der Waals surface area (Å²) >= 11 is 0. The van der Waals surface area contributed by atoms with E-state index >= 15 is 0 Å². The molecule has 0 aromatic rings. The van der Waals surface area contributed by atoms with Crippen molar-refractivity contribution in [1.29, 1.82) is 0 Å². The molecule has 6 heteroatoms. The van der Waals surface area contributed by atoms with Crippen molar-refractivity contribution in [1.82, 2.24) is 0 Å². The first-order valence-corrected chi connectivity index (χ1v) is 6.59. The zero-order valence-electron chi connectivity index (χ0n) is 7.45. The molecule has 0 spiro atoms. The Morgan fingerprint density at radius 1 is 1.62 bits per heavy atom. The quantitative estimate of drug-likeness (QED) is 0.667. The van der Waals surface area contributed by atoms with Crippen molar-refractivity contribution >= 4 is 19.7 Å². The van der Waals surface area contributed by atoms with Crippen molar-refractivity contribution in [2.45, 2.75) is 18.9 Å². The van der Waals surface area contributed by atoms with E-state index in [1.54, 1.807) is 0 Å². The van der Waals surface area contributed by atoms with Gasteiger partial charge in [-0.05, 0) is 6.92 Å². The summed E-state index contributed by atoms with van der Waals surface area (Å²) in [6.45, 7) is 3.13. The van der Waals surface area contributed by atoms with Crippen LogP contribution in [0.4, 0.5) is 0 Å². The molecule has 4 nitrogen and oxygen atoms in total. The summed E-state index contributed by atoms with van der Waals surface area (Å²) in [7, 11) is 1.65. The number of rotatable bonds is 4. The molecule has 1 heterocycles. The smallest absolute Gasteiger partial charge is 0.235 e. The first-order chi connectivity index (χ1) is 5.97. The minimum absolute atomic E-state index is 0.171. The van der Waals surface area contributed by atoms with Crippen LogP contribution in [0.15, 0.2) is 0 Å². The van der Waals surface area contributed by atoms with Crippen LogP contribution in [0.3, 0.4) is 0 Å². The molecule has 0 bridgehead atoms. The second kappa shape index (κ2) is 4.13. The summed E-state index contributed by atoms with van der Waals surface area (Å²) < 4.78 is 32.3. The largest absolute Gasteiger partial charge is 0.378 e. The number of hydrogen-bond donors (Lipinski definition) is 0. The van der Waals surface area contributed by atoms with Crippen LogP contribution in [0.5, 0.6) is 0 Å². The van der Waals surface area contributed by atoms with E-state index in [9.17, 15) is 8.42 Å². The van der Waals surface area contributed by atoms with E-state index in [1.807, 2.05) is 6.92 Å². The lowest BCUT2D eigenvalue weighted by Gasteiger charge is -2.25. The fourth-order valence-electron chi connectivity index (χ4n) is 1.48. The van der Waals surface area contributed by atoms with Crippen molar-refractivity contribution in [2.24, 2.45) is 0 Å². The van der Waals surface area contributed by atoms with Crippen molar-refractivity contribution in [3.8, 4) is 0 Å². The zero-order valence-corrected chi connectivity index (χ0v) is 9.03. The van der Waals surface area contributed by atoms with Crippen LogP contribution < -0.4 is 0 Å². The first-order valence-electron chi connectivity index (χ1n) is 4.11. The van der Waals surface area contributed by atoms with Gasteiger partial charge in [-0.1, -0.05) is 0 Å². The first kappa shape index (κ1) is 11.2. The summed E-state index contributed by atoms with van der Waals surface area (Å²) in [4.78, 5) is 0. The molecule has 1 rings (SSSR count). The maximum Gasteiger partial charge on any atom is 0.235 e. The Morgan fingerprint density at radius 3 is 2.69 bits per heavy atom. The van der Waals surface area contributed by atoms with E-state index in [4.69, 9.17) is 20.2 Å². The molecule has 0 N–H and O–H groups in total. The predicted octanol–water partition coefficient (Wildman–Crippen LogP) is 0.751. The molecule has 13 heavy (non-hydrogen) atoms. The molecule has 1 atom stereocenters. The standard InChI is InChI=1S/C7H13ClO4S/c1-2-12-7(3-4-11-5-7)6-13(8,9)10/h2-6H2,1H3/t7-/m1/s1. The summed E-state index contributed by atoms with van der Waals surface area (Å²) in [6.07, 6.45) is 0.590. The summed E-state index contributed by atoms with van der Waals surface area (Å²) in [5, 5.41) is 0. The molecular formula is C7H13ClO4S. The van der Waals surface area contributed by atoms with Crippen molar-refractivity contribution in [3.05, 3.63) is 0 Å². The van der Waals surface area contributed by atoms with Gasteiger partial charge < -0.3 is 9.47 Å². The topological polar surface area (TPSA) is 52.6 Å².